The molecular formula is C14H17N3O2. The highest BCUT2D eigenvalue weighted by atomic mass is 16.5. The van der Waals surface area contributed by atoms with Crippen LogP contribution in [0.4, 0.5) is 5.95 Å². The number of nitrogens with zero attached hydrogens (tertiary/aromatic N) is 2. The van der Waals surface area contributed by atoms with Crippen molar-refractivity contribution in [2.75, 3.05) is 26.6 Å². The molecule has 0 saturated heterocycles. The summed E-state index contributed by atoms with van der Waals surface area (Å²) in [6, 6.07) is 5.73. The van der Waals surface area contributed by atoms with Gasteiger partial charge in [-0.2, -0.15) is 0 Å². The summed E-state index contributed by atoms with van der Waals surface area (Å²) in [6.07, 6.45) is 1.80. The number of ether oxygens (including phenoxy) is 2. The Balaban J connectivity index is 2.52. The van der Waals surface area contributed by atoms with E-state index < -0.39 is 0 Å². The predicted octanol–water partition coefficient (Wildman–Crippen LogP) is 2.51. The average molecular weight is 259 g/mol. The lowest BCUT2D eigenvalue weighted by Gasteiger charge is -2.11. The van der Waals surface area contributed by atoms with Gasteiger partial charge >= 0.3 is 0 Å². The van der Waals surface area contributed by atoms with E-state index in [-0.39, 0.29) is 0 Å². The molecule has 0 unspecified atom stereocenters. The van der Waals surface area contributed by atoms with E-state index in [0.29, 0.717) is 17.4 Å². The molecule has 1 heterocycles. The molecule has 0 aliphatic carbocycles. The summed E-state index contributed by atoms with van der Waals surface area (Å²) in [5, 5.41) is 2.94. The largest absolute Gasteiger partial charge is 0.493 e. The maximum absolute atomic E-state index is 5.31. The molecule has 0 radical (unpaired) electrons. The van der Waals surface area contributed by atoms with Crippen molar-refractivity contribution in [2.45, 2.75) is 6.92 Å². The number of benzene rings is 1. The summed E-state index contributed by atoms with van der Waals surface area (Å²) in [6.45, 7) is 1.98. The second kappa shape index (κ2) is 5.56. The molecule has 0 bridgehead atoms. The zero-order valence-corrected chi connectivity index (χ0v) is 11.5. The van der Waals surface area contributed by atoms with Gasteiger partial charge in [-0.15, -0.1) is 0 Å². The van der Waals surface area contributed by atoms with E-state index in [0.717, 1.165) is 16.8 Å². The molecule has 2 rings (SSSR count). The van der Waals surface area contributed by atoms with Crippen molar-refractivity contribution in [1.29, 1.82) is 0 Å². The molecular weight excluding hydrogens is 242 g/mol. The van der Waals surface area contributed by atoms with Gasteiger partial charge in [0, 0.05) is 18.8 Å². The first-order valence-electron chi connectivity index (χ1n) is 5.93. The molecule has 0 fully saturated rings. The van der Waals surface area contributed by atoms with Gasteiger partial charge in [0.25, 0.3) is 0 Å². The Bertz CT molecular complexity index is 585. The number of nitrogens with one attached hydrogen (secondary N) is 1. The van der Waals surface area contributed by atoms with E-state index in [1.54, 1.807) is 27.5 Å². The average Bonchev–Trinajstić information content (AvgIpc) is 2.47. The Morgan fingerprint density at radius 3 is 2.47 bits per heavy atom. The minimum atomic E-state index is 0.593. The van der Waals surface area contributed by atoms with Crippen LogP contribution < -0.4 is 14.8 Å². The van der Waals surface area contributed by atoms with Crippen molar-refractivity contribution in [1.82, 2.24) is 9.97 Å². The van der Waals surface area contributed by atoms with Crippen LogP contribution in [0.1, 0.15) is 5.56 Å². The smallest absolute Gasteiger partial charge is 0.222 e. The molecule has 1 aromatic heterocycles. The predicted molar refractivity (Wildman–Crippen MR) is 74.9 cm³/mol. The van der Waals surface area contributed by atoms with Gasteiger partial charge in [0.1, 0.15) is 0 Å². The van der Waals surface area contributed by atoms with Gasteiger partial charge in [-0.05, 0) is 30.7 Å². The summed E-state index contributed by atoms with van der Waals surface area (Å²) in [7, 11) is 5.03. The quantitative estimate of drug-likeness (QED) is 0.914. The highest BCUT2D eigenvalue weighted by molar-refractivity contribution is 5.67. The molecule has 0 aliphatic heterocycles. The van der Waals surface area contributed by atoms with E-state index in [4.69, 9.17) is 9.47 Å². The molecule has 5 nitrogen and oxygen atoms in total. The lowest BCUT2D eigenvalue weighted by molar-refractivity contribution is 0.355. The summed E-state index contributed by atoms with van der Waals surface area (Å²) in [5.41, 5.74) is 2.85. The van der Waals surface area contributed by atoms with Crippen molar-refractivity contribution < 1.29 is 9.47 Å². The molecule has 0 atom stereocenters. The van der Waals surface area contributed by atoms with Crippen LogP contribution in [0.25, 0.3) is 11.3 Å². The first kappa shape index (κ1) is 13.1. The minimum absolute atomic E-state index is 0.593. The Labute approximate surface area is 112 Å². The Hall–Kier alpha value is -2.30. The van der Waals surface area contributed by atoms with Crippen LogP contribution in [-0.4, -0.2) is 31.2 Å². The Kier molecular flexibility index (Phi) is 3.85. The molecule has 0 saturated carbocycles. The number of hydrogen-bond donors (Lipinski definition) is 1. The van der Waals surface area contributed by atoms with Gasteiger partial charge in [-0.1, -0.05) is 0 Å². The first-order chi connectivity index (χ1) is 9.19. The number of rotatable bonds is 4. The van der Waals surface area contributed by atoms with Crippen LogP contribution in [0.5, 0.6) is 11.5 Å². The zero-order valence-electron chi connectivity index (χ0n) is 11.5. The molecule has 100 valence electrons. The molecule has 0 aliphatic rings. The SMILES string of the molecule is CNc1ncc(C)c(-c2ccc(OC)c(OC)c2)n1. The van der Waals surface area contributed by atoms with E-state index in [2.05, 4.69) is 15.3 Å². The summed E-state index contributed by atoms with van der Waals surface area (Å²) < 4.78 is 10.5. The van der Waals surface area contributed by atoms with Gasteiger partial charge in [-0.25, -0.2) is 9.97 Å². The number of methoxy groups -OCH3 is 2. The maximum Gasteiger partial charge on any atom is 0.222 e. The third kappa shape index (κ3) is 2.59. The fraction of sp³-hybridized carbons (Fsp3) is 0.286. The van der Waals surface area contributed by atoms with E-state index in [9.17, 15) is 0 Å². The van der Waals surface area contributed by atoms with Gasteiger partial charge < -0.3 is 14.8 Å². The number of hydrogen-bond acceptors (Lipinski definition) is 5. The van der Waals surface area contributed by atoms with Crippen LogP contribution in [0.3, 0.4) is 0 Å². The van der Waals surface area contributed by atoms with Crippen LogP contribution in [0.15, 0.2) is 24.4 Å². The summed E-state index contributed by atoms with van der Waals surface area (Å²) in [5.74, 6) is 1.98. The highest BCUT2D eigenvalue weighted by Gasteiger charge is 2.10. The second-order valence-corrected chi connectivity index (χ2v) is 4.04. The Morgan fingerprint density at radius 1 is 1.11 bits per heavy atom. The minimum Gasteiger partial charge on any atom is -0.493 e. The lowest BCUT2D eigenvalue weighted by Crippen LogP contribution is -1.99. The van der Waals surface area contributed by atoms with Gasteiger partial charge in [-0.3, -0.25) is 0 Å². The van der Waals surface area contributed by atoms with E-state index in [1.807, 2.05) is 25.1 Å². The fourth-order valence-corrected chi connectivity index (χ4v) is 1.84. The van der Waals surface area contributed by atoms with Crippen molar-refractivity contribution in [2.24, 2.45) is 0 Å². The van der Waals surface area contributed by atoms with Crippen LogP contribution in [0.2, 0.25) is 0 Å². The van der Waals surface area contributed by atoms with Crippen LogP contribution in [-0.2, 0) is 0 Å². The summed E-state index contributed by atoms with van der Waals surface area (Å²) >= 11 is 0. The normalized spacial score (nSPS) is 10.1. The zero-order chi connectivity index (χ0) is 13.8. The van der Waals surface area contributed by atoms with Crippen molar-refractivity contribution in [3.63, 3.8) is 0 Å². The molecule has 2 aromatic rings. The van der Waals surface area contributed by atoms with E-state index in [1.165, 1.54) is 0 Å². The van der Waals surface area contributed by atoms with Gasteiger partial charge in [0.05, 0.1) is 19.9 Å². The third-order valence-corrected chi connectivity index (χ3v) is 2.85. The number of aromatic nitrogens is 2. The summed E-state index contributed by atoms with van der Waals surface area (Å²) in [4.78, 5) is 8.65. The third-order valence-electron chi connectivity index (χ3n) is 2.85. The second-order valence-electron chi connectivity index (χ2n) is 4.04. The van der Waals surface area contributed by atoms with E-state index >= 15 is 0 Å². The molecule has 19 heavy (non-hydrogen) atoms. The fourth-order valence-electron chi connectivity index (χ4n) is 1.84. The van der Waals surface area contributed by atoms with Gasteiger partial charge in [0.2, 0.25) is 5.95 Å². The molecule has 1 aromatic carbocycles. The lowest BCUT2D eigenvalue weighted by atomic mass is 10.1. The molecule has 0 amide bonds. The van der Waals surface area contributed by atoms with Crippen molar-refractivity contribution >= 4 is 5.95 Å². The van der Waals surface area contributed by atoms with Crippen molar-refractivity contribution in [3.8, 4) is 22.8 Å². The van der Waals surface area contributed by atoms with Crippen LogP contribution in [0, 0.1) is 6.92 Å². The van der Waals surface area contributed by atoms with Crippen molar-refractivity contribution in [3.05, 3.63) is 30.0 Å². The molecule has 5 heteroatoms. The van der Waals surface area contributed by atoms with Gasteiger partial charge in [0.15, 0.2) is 11.5 Å². The Morgan fingerprint density at radius 2 is 1.84 bits per heavy atom. The highest BCUT2D eigenvalue weighted by Crippen LogP contribution is 2.32. The first-order valence-corrected chi connectivity index (χ1v) is 5.93. The van der Waals surface area contributed by atoms with Crippen LogP contribution >= 0.6 is 0 Å². The topological polar surface area (TPSA) is 56.3 Å². The molecule has 0 spiro atoms. The molecule has 1 N–H and O–H groups in total. The monoisotopic (exact) mass is 259 g/mol. The number of anilines is 1. The number of aryl methyl sites for hydroxylation is 1. The maximum atomic E-state index is 5.31. The standard InChI is InChI=1S/C14H17N3O2/c1-9-8-16-14(15-2)17-13(9)10-5-6-11(18-3)12(7-10)19-4/h5-8H,1-4H3,(H,15,16,17).